The minimum Gasteiger partial charge on any atom is -0.495 e. The average Bonchev–Trinajstić information content (AvgIpc) is 2.83. The zero-order valence-corrected chi connectivity index (χ0v) is 17.4. The maximum Gasteiger partial charge on any atom is 0.329 e. The molecule has 0 aliphatic rings. The number of Topliss-reactive ketones (excluding diaryl/α,β-unsaturated/α-hetero) is 2. The van der Waals surface area contributed by atoms with Crippen LogP contribution in [0.15, 0.2) is 78.9 Å². The molecule has 0 aromatic heterocycles. The van der Waals surface area contributed by atoms with Crippen LogP contribution in [-0.4, -0.2) is 37.3 Å². The highest BCUT2D eigenvalue weighted by molar-refractivity contribution is 6.01. The van der Waals surface area contributed by atoms with Crippen molar-refractivity contribution >= 4 is 23.2 Å². The lowest BCUT2D eigenvalue weighted by Crippen LogP contribution is -2.35. The molecule has 0 saturated heterocycles. The first-order valence-electron chi connectivity index (χ1n) is 9.91. The monoisotopic (exact) mass is 435 g/mol. The Morgan fingerprint density at radius 1 is 0.844 bits per heavy atom. The topological polar surface area (TPSA) is 81.7 Å². The summed E-state index contributed by atoms with van der Waals surface area (Å²) in [6, 6.07) is 19.4. The van der Waals surface area contributed by atoms with Crippen molar-refractivity contribution in [1.82, 2.24) is 0 Å². The number of methoxy groups -OCH3 is 1. The fourth-order valence-electron chi connectivity index (χ4n) is 3.03. The Hall–Kier alpha value is -4.00. The van der Waals surface area contributed by atoms with Crippen LogP contribution in [0.4, 0.5) is 10.1 Å². The molecule has 32 heavy (non-hydrogen) atoms. The highest BCUT2D eigenvalue weighted by atomic mass is 19.1. The van der Waals surface area contributed by atoms with Crippen molar-refractivity contribution in [3.8, 4) is 5.75 Å². The van der Waals surface area contributed by atoms with E-state index in [-0.39, 0.29) is 17.8 Å². The van der Waals surface area contributed by atoms with Crippen LogP contribution in [0, 0.1) is 5.82 Å². The SMILES string of the molecule is COc1ccccc1N[C@@H](CC(=O)c1ccccc1)C(=O)OCC(=O)c1ccc(F)cc1. The molecular weight excluding hydrogens is 413 g/mol. The molecule has 0 amide bonds. The molecule has 164 valence electrons. The fraction of sp³-hybridized carbons (Fsp3) is 0.160. The van der Waals surface area contributed by atoms with Gasteiger partial charge in [0.1, 0.15) is 17.6 Å². The zero-order valence-electron chi connectivity index (χ0n) is 17.4. The van der Waals surface area contributed by atoms with E-state index in [0.29, 0.717) is 17.0 Å². The number of ketones is 2. The van der Waals surface area contributed by atoms with E-state index in [0.717, 1.165) is 12.1 Å². The standard InChI is InChI=1S/C25H22FNO5/c1-31-24-10-6-5-9-20(24)27-21(15-22(28)17-7-3-2-4-8-17)25(30)32-16-23(29)18-11-13-19(26)14-12-18/h2-14,21,27H,15-16H2,1H3/t21-/m0/s1. The first-order chi connectivity index (χ1) is 15.5. The highest BCUT2D eigenvalue weighted by Crippen LogP contribution is 2.25. The molecule has 0 aliphatic heterocycles. The molecule has 0 radical (unpaired) electrons. The Bertz CT molecular complexity index is 1080. The van der Waals surface area contributed by atoms with Crippen molar-refractivity contribution in [2.75, 3.05) is 19.0 Å². The molecule has 0 bridgehead atoms. The number of hydrogen-bond donors (Lipinski definition) is 1. The van der Waals surface area contributed by atoms with Crippen molar-refractivity contribution in [2.24, 2.45) is 0 Å². The lowest BCUT2D eigenvalue weighted by Gasteiger charge is -2.19. The van der Waals surface area contributed by atoms with Crippen molar-refractivity contribution in [3.05, 3.63) is 95.8 Å². The third kappa shape index (κ3) is 6.01. The van der Waals surface area contributed by atoms with E-state index in [1.165, 1.54) is 19.2 Å². The van der Waals surface area contributed by atoms with Crippen LogP contribution >= 0.6 is 0 Å². The smallest absolute Gasteiger partial charge is 0.329 e. The first kappa shape index (κ1) is 22.7. The van der Waals surface area contributed by atoms with Crippen molar-refractivity contribution < 1.29 is 28.2 Å². The summed E-state index contributed by atoms with van der Waals surface area (Å²) in [4.78, 5) is 37.8. The summed E-state index contributed by atoms with van der Waals surface area (Å²) in [7, 11) is 1.49. The molecule has 3 aromatic carbocycles. The summed E-state index contributed by atoms with van der Waals surface area (Å²) in [5.41, 5.74) is 1.17. The van der Waals surface area contributed by atoms with Gasteiger partial charge in [0.15, 0.2) is 18.2 Å². The van der Waals surface area contributed by atoms with E-state index in [1.807, 2.05) is 0 Å². The molecule has 1 atom stereocenters. The maximum absolute atomic E-state index is 13.1. The van der Waals surface area contributed by atoms with Gasteiger partial charge in [-0.15, -0.1) is 0 Å². The van der Waals surface area contributed by atoms with Gasteiger partial charge >= 0.3 is 5.97 Å². The van der Waals surface area contributed by atoms with Crippen LogP contribution < -0.4 is 10.1 Å². The number of carbonyl (C=O) groups is 3. The number of hydrogen-bond acceptors (Lipinski definition) is 6. The number of carbonyl (C=O) groups excluding carboxylic acids is 3. The van der Waals surface area contributed by atoms with Gasteiger partial charge in [0.2, 0.25) is 0 Å². The summed E-state index contributed by atoms with van der Waals surface area (Å²) in [6.45, 7) is -0.534. The van der Waals surface area contributed by atoms with Crippen LogP contribution in [0.3, 0.4) is 0 Å². The summed E-state index contributed by atoms with van der Waals surface area (Å²) in [5, 5.41) is 2.99. The Morgan fingerprint density at radius 3 is 2.16 bits per heavy atom. The number of rotatable bonds is 10. The molecular formula is C25H22FNO5. The van der Waals surface area contributed by atoms with E-state index >= 15 is 0 Å². The summed E-state index contributed by atoms with van der Waals surface area (Å²) in [5.74, 6) is -1.50. The molecule has 0 unspecified atom stereocenters. The number of anilines is 1. The maximum atomic E-state index is 13.1. The fourth-order valence-corrected chi connectivity index (χ4v) is 3.03. The number of nitrogens with one attached hydrogen (secondary N) is 1. The minimum absolute atomic E-state index is 0.189. The molecule has 7 heteroatoms. The molecule has 0 heterocycles. The molecule has 3 rings (SSSR count). The Kier molecular flexibility index (Phi) is 7.70. The largest absolute Gasteiger partial charge is 0.495 e. The van der Waals surface area contributed by atoms with Crippen LogP contribution in [0.25, 0.3) is 0 Å². The normalized spacial score (nSPS) is 11.3. The minimum atomic E-state index is -1.06. The molecule has 3 aromatic rings. The predicted molar refractivity (Wildman–Crippen MR) is 117 cm³/mol. The van der Waals surface area contributed by atoms with E-state index in [1.54, 1.807) is 54.6 Å². The third-order valence-corrected chi connectivity index (χ3v) is 4.72. The number of ether oxygens (including phenoxy) is 2. The Balaban J connectivity index is 1.74. The van der Waals surface area contributed by atoms with Gasteiger partial charge in [-0.25, -0.2) is 9.18 Å². The first-order valence-corrected chi connectivity index (χ1v) is 9.91. The van der Waals surface area contributed by atoms with Gasteiger partial charge in [0.25, 0.3) is 0 Å². The van der Waals surface area contributed by atoms with E-state index < -0.39 is 30.2 Å². The highest BCUT2D eigenvalue weighted by Gasteiger charge is 2.26. The second-order valence-corrected chi connectivity index (χ2v) is 6.93. The van der Waals surface area contributed by atoms with Gasteiger partial charge in [-0.3, -0.25) is 9.59 Å². The Morgan fingerprint density at radius 2 is 1.47 bits per heavy atom. The Labute approximate surface area is 185 Å². The number of halogens is 1. The van der Waals surface area contributed by atoms with Gasteiger partial charge in [-0.1, -0.05) is 42.5 Å². The van der Waals surface area contributed by atoms with Gasteiger partial charge in [0.05, 0.1) is 12.8 Å². The second-order valence-electron chi connectivity index (χ2n) is 6.93. The van der Waals surface area contributed by atoms with Crippen molar-refractivity contribution in [2.45, 2.75) is 12.5 Å². The van der Waals surface area contributed by atoms with E-state index in [2.05, 4.69) is 5.32 Å². The summed E-state index contributed by atoms with van der Waals surface area (Å²) >= 11 is 0. The predicted octanol–water partition coefficient (Wildman–Crippen LogP) is 4.31. The van der Waals surface area contributed by atoms with Crippen LogP contribution in [0.2, 0.25) is 0 Å². The van der Waals surface area contributed by atoms with Crippen LogP contribution in [0.1, 0.15) is 27.1 Å². The summed E-state index contributed by atoms with van der Waals surface area (Å²) in [6.07, 6.45) is -0.189. The molecule has 0 saturated carbocycles. The third-order valence-electron chi connectivity index (χ3n) is 4.72. The molecule has 0 spiro atoms. The van der Waals surface area contributed by atoms with Gasteiger partial charge in [0, 0.05) is 17.5 Å². The lowest BCUT2D eigenvalue weighted by molar-refractivity contribution is -0.143. The average molecular weight is 435 g/mol. The van der Waals surface area contributed by atoms with Gasteiger partial charge in [-0.05, 0) is 36.4 Å². The van der Waals surface area contributed by atoms with Gasteiger partial charge in [-0.2, -0.15) is 0 Å². The van der Waals surface area contributed by atoms with Crippen LogP contribution in [-0.2, 0) is 9.53 Å². The second kappa shape index (κ2) is 10.9. The van der Waals surface area contributed by atoms with Crippen molar-refractivity contribution in [1.29, 1.82) is 0 Å². The molecule has 6 nitrogen and oxygen atoms in total. The molecule has 1 N–H and O–H groups in total. The van der Waals surface area contributed by atoms with Crippen LogP contribution in [0.5, 0.6) is 5.75 Å². The van der Waals surface area contributed by atoms with E-state index in [9.17, 15) is 18.8 Å². The van der Waals surface area contributed by atoms with Crippen molar-refractivity contribution in [3.63, 3.8) is 0 Å². The molecule has 0 fully saturated rings. The number of para-hydroxylation sites is 2. The number of esters is 1. The summed E-state index contributed by atoms with van der Waals surface area (Å²) < 4.78 is 23.5. The lowest BCUT2D eigenvalue weighted by atomic mass is 10.0. The van der Waals surface area contributed by atoms with Gasteiger partial charge < -0.3 is 14.8 Å². The van der Waals surface area contributed by atoms with E-state index in [4.69, 9.17) is 9.47 Å². The zero-order chi connectivity index (χ0) is 22.9. The number of benzene rings is 3. The quantitative estimate of drug-likeness (QED) is 0.377. The molecule has 0 aliphatic carbocycles.